The molecule has 5 heteroatoms. The molecule has 0 saturated carbocycles. The van der Waals surface area contributed by atoms with Gasteiger partial charge in [0.15, 0.2) is 11.6 Å². The van der Waals surface area contributed by atoms with E-state index in [2.05, 4.69) is 16.6 Å². The number of allylic oxidation sites excluding steroid dienone is 2. The van der Waals surface area contributed by atoms with Gasteiger partial charge in [-0.3, -0.25) is 9.59 Å². The molecule has 0 aliphatic rings. The molecule has 0 spiro atoms. The van der Waals surface area contributed by atoms with Crippen LogP contribution in [-0.2, 0) is 19.1 Å². The Morgan fingerprint density at radius 2 is 1.88 bits per heavy atom. The fourth-order valence-electron chi connectivity index (χ4n) is 0.861. The number of rotatable bonds is 6. The zero-order chi connectivity index (χ0) is 12.7. The Morgan fingerprint density at radius 3 is 2.25 bits per heavy atom. The fraction of sp³-hybridized carbons (Fsp3) is 0.364. The van der Waals surface area contributed by atoms with Crippen molar-refractivity contribution < 1.29 is 19.1 Å². The lowest BCUT2D eigenvalue weighted by Gasteiger charge is -2.09. The summed E-state index contributed by atoms with van der Waals surface area (Å²) in [5.41, 5.74) is -0.0601. The van der Waals surface area contributed by atoms with Crippen molar-refractivity contribution in [1.29, 1.82) is 0 Å². The molecule has 0 aliphatic heterocycles. The van der Waals surface area contributed by atoms with E-state index >= 15 is 0 Å². The Kier molecular flexibility index (Phi) is 5.77. The molecule has 0 atom stereocenters. The van der Waals surface area contributed by atoms with Crippen molar-refractivity contribution in [1.82, 2.24) is 5.32 Å². The molecule has 0 aromatic heterocycles. The first-order valence-electron chi connectivity index (χ1n) is 4.74. The maximum Gasteiger partial charge on any atom is 0.354 e. The first-order chi connectivity index (χ1) is 7.38. The van der Waals surface area contributed by atoms with E-state index in [4.69, 9.17) is 0 Å². The van der Waals surface area contributed by atoms with E-state index in [-0.39, 0.29) is 29.6 Å². The number of carbonyl (C=O) groups is 3. The minimum Gasteiger partial charge on any atom is -0.461 e. The summed E-state index contributed by atoms with van der Waals surface area (Å²) in [5, 5.41) is 2.45. The molecule has 0 aliphatic carbocycles. The number of Topliss-reactive ketones (excluding diaryl/α,β-unsaturated/α-hetero) is 1. The number of hydrogen-bond donors (Lipinski definition) is 1. The van der Waals surface area contributed by atoms with Crippen LogP contribution in [0.15, 0.2) is 24.0 Å². The van der Waals surface area contributed by atoms with E-state index in [0.29, 0.717) is 0 Å². The van der Waals surface area contributed by atoms with Crippen molar-refractivity contribution in [3.8, 4) is 0 Å². The maximum atomic E-state index is 11.2. The summed E-state index contributed by atoms with van der Waals surface area (Å²) >= 11 is 0. The van der Waals surface area contributed by atoms with Crippen LogP contribution in [0.1, 0.15) is 20.8 Å². The number of carbonyl (C=O) groups excluding carboxylic acids is 3. The highest BCUT2D eigenvalue weighted by molar-refractivity contribution is 6.01. The normalized spacial score (nSPS) is 10.6. The molecule has 0 heterocycles. The maximum absolute atomic E-state index is 11.2. The smallest absolute Gasteiger partial charge is 0.354 e. The lowest BCUT2D eigenvalue weighted by Crippen LogP contribution is -2.24. The largest absolute Gasteiger partial charge is 0.461 e. The topological polar surface area (TPSA) is 72.5 Å². The standard InChI is InChI=1S/C11H15NO4/c1-5-16-11(15)8(3)12-10(9(4)14)6-7(2)13/h6,12H,3,5H2,1-2,4H3. The molecular formula is C11H15NO4. The summed E-state index contributed by atoms with van der Waals surface area (Å²) in [5.74, 6) is -1.31. The van der Waals surface area contributed by atoms with Crippen molar-refractivity contribution in [2.75, 3.05) is 6.61 Å². The van der Waals surface area contributed by atoms with Gasteiger partial charge < -0.3 is 10.1 Å². The van der Waals surface area contributed by atoms with Gasteiger partial charge in [-0.25, -0.2) is 4.79 Å². The Balaban J connectivity index is 4.66. The summed E-state index contributed by atoms with van der Waals surface area (Å²) in [6.45, 7) is 7.86. The van der Waals surface area contributed by atoms with Crippen molar-refractivity contribution >= 4 is 17.5 Å². The number of ketones is 2. The Hall–Kier alpha value is -1.91. The molecular weight excluding hydrogens is 210 g/mol. The monoisotopic (exact) mass is 225 g/mol. The summed E-state index contributed by atoms with van der Waals surface area (Å²) in [6.07, 6.45) is 1.10. The molecule has 16 heavy (non-hydrogen) atoms. The van der Waals surface area contributed by atoms with Crippen LogP contribution in [-0.4, -0.2) is 24.1 Å². The van der Waals surface area contributed by atoms with Gasteiger partial charge in [0.05, 0.1) is 12.3 Å². The van der Waals surface area contributed by atoms with Crippen molar-refractivity contribution in [3.63, 3.8) is 0 Å². The Morgan fingerprint density at radius 1 is 1.31 bits per heavy atom. The molecule has 0 aromatic carbocycles. The molecule has 0 rings (SSSR count). The second kappa shape index (κ2) is 6.55. The highest BCUT2D eigenvalue weighted by atomic mass is 16.5. The third-order valence-electron chi connectivity index (χ3n) is 1.53. The lowest BCUT2D eigenvalue weighted by molar-refractivity contribution is -0.138. The molecule has 0 saturated heterocycles. The van der Waals surface area contributed by atoms with E-state index < -0.39 is 5.97 Å². The van der Waals surface area contributed by atoms with Crippen molar-refractivity contribution in [2.24, 2.45) is 0 Å². The zero-order valence-corrected chi connectivity index (χ0v) is 9.62. The number of hydrogen-bond acceptors (Lipinski definition) is 5. The minimum atomic E-state index is -0.654. The van der Waals surface area contributed by atoms with Gasteiger partial charge in [-0.2, -0.15) is 0 Å². The van der Waals surface area contributed by atoms with Crippen LogP contribution in [0.5, 0.6) is 0 Å². The second-order valence-corrected chi connectivity index (χ2v) is 3.05. The molecule has 0 amide bonds. The molecule has 88 valence electrons. The first kappa shape index (κ1) is 14.1. The predicted octanol–water partition coefficient (Wildman–Crippen LogP) is 0.715. The van der Waals surface area contributed by atoms with Crippen LogP contribution in [0.4, 0.5) is 0 Å². The van der Waals surface area contributed by atoms with Crippen molar-refractivity contribution in [3.05, 3.63) is 24.0 Å². The minimum absolute atomic E-state index is 0.0190. The number of ether oxygens (including phenoxy) is 1. The van der Waals surface area contributed by atoms with Crippen LogP contribution >= 0.6 is 0 Å². The van der Waals surface area contributed by atoms with Crippen LogP contribution in [0, 0.1) is 0 Å². The second-order valence-electron chi connectivity index (χ2n) is 3.05. The van der Waals surface area contributed by atoms with Gasteiger partial charge in [0, 0.05) is 13.0 Å². The quantitative estimate of drug-likeness (QED) is 0.532. The van der Waals surface area contributed by atoms with Crippen LogP contribution < -0.4 is 5.32 Å². The molecule has 1 N–H and O–H groups in total. The van der Waals surface area contributed by atoms with E-state index in [1.807, 2.05) is 0 Å². The summed E-state index contributed by atoms with van der Waals surface area (Å²) < 4.78 is 4.66. The van der Waals surface area contributed by atoms with Gasteiger partial charge >= 0.3 is 5.97 Å². The predicted molar refractivity (Wildman–Crippen MR) is 58.4 cm³/mol. The zero-order valence-electron chi connectivity index (χ0n) is 9.62. The van der Waals surface area contributed by atoms with Gasteiger partial charge in [0.1, 0.15) is 5.70 Å². The van der Waals surface area contributed by atoms with Crippen molar-refractivity contribution in [2.45, 2.75) is 20.8 Å². The van der Waals surface area contributed by atoms with E-state index in [9.17, 15) is 14.4 Å². The molecule has 0 aromatic rings. The average molecular weight is 225 g/mol. The fourth-order valence-corrected chi connectivity index (χ4v) is 0.861. The summed E-state index contributed by atoms with van der Waals surface area (Å²) in [4.78, 5) is 33.1. The number of esters is 1. The molecule has 5 nitrogen and oxygen atoms in total. The van der Waals surface area contributed by atoms with Crippen LogP contribution in [0.2, 0.25) is 0 Å². The van der Waals surface area contributed by atoms with Gasteiger partial charge in [0.2, 0.25) is 0 Å². The highest BCUT2D eigenvalue weighted by Gasteiger charge is 2.12. The van der Waals surface area contributed by atoms with E-state index in [1.165, 1.54) is 13.8 Å². The molecule has 0 radical (unpaired) electrons. The number of nitrogens with one attached hydrogen (secondary N) is 1. The molecule has 0 fully saturated rings. The third kappa shape index (κ3) is 5.09. The van der Waals surface area contributed by atoms with Gasteiger partial charge in [-0.1, -0.05) is 6.58 Å². The van der Waals surface area contributed by atoms with Crippen LogP contribution in [0.25, 0.3) is 0 Å². The summed E-state index contributed by atoms with van der Waals surface area (Å²) in [6, 6.07) is 0. The molecule has 0 unspecified atom stereocenters. The van der Waals surface area contributed by atoms with Gasteiger partial charge in [-0.15, -0.1) is 0 Å². The molecule has 0 bridgehead atoms. The lowest BCUT2D eigenvalue weighted by atomic mass is 10.2. The summed E-state index contributed by atoms with van der Waals surface area (Å²) in [7, 11) is 0. The Labute approximate surface area is 94.2 Å². The van der Waals surface area contributed by atoms with Gasteiger partial charge in [-0.05, 0) is 13.8 Å². The first-order valence-corrected chi connectivity index (χ1v) is 4.74. The average Bonchev–Trinajstić information content (AvgIpc) is 2.16. The third-order valence-corrected chi connectivity index (χ3v) is 1.53. The Bertz CT molecular complexity index is 355. The van der Waals surface area contributed by atoms with E-state index in [1.54, 1.807) is 6.92 Å². The SMILES string of the molecule is C=C(NC(=CC(C)=O)C(C)=O)C(=O)OCC. The highest BCUT2D eigenvalue weighted by Crippen LogP contribution is 1.99. The van der Waals surface area contributed by atoms with Crippen LogP contribution in [0.3, 0.4) is 0 Å². The van der Waals surface area contributed by atoms with E-state index in [0.717, 1.165) is 6.08 Å². The van der Waals surface area contributed by atoms with Gasteiger partial charge in [0.25, 0.3) is 0 Å².